The summed E-state index contributed by atoms with van der Waals surface area (Å²) in [6.07, 6.45) is 0.202. The first-order valence-corrected chi connectivity index (χ1v) is 20.6. The molecular weight excluding hydrogens is 768 g/mol. The molecule has 2 aliphatic rings. The summed E-state index contributed by atoms with van der Waals surface area (Å²) >= 11 is 0. The van der Waals surface area contributed by atoms with E-state index in [-0.39, 0.29) is 53.4 Å². The topological polar surface area (TPSA) is 166 Å². The standard InChI is InChI=1S/C45H55FN8O6/c1-23(2)38(51-44(57)59-8)42(55)53-21-25(5)16-36(53)40-48-33-15-12-29(20-35(33)50-40)30-13-10-27(18-31(30)46)28-11-14-32-34(19-28)49-41(47-32)37-17-26(6)22-54(37)43(56)39(24(3)4)52(7)45(58)60-9/h10-15,18-20,23-26,36-39H,16-17,21-22H2,1-9H3,(H,47,49)(H,48,50)(H,51,57)/t25-,26-,36-,37-,38-,39-/m0/s1. The summed E-state index contributed by atoms with van der Waals surface area (Å²) in [5.41, 5.74) is 5.52. The Hall–Kier alpha value is -5.99. The predicted molar refractivity (Wildman–Crippen MR) is 226 cm³/mol. The molecule has 0 unspecified atom stereocenters. The zero-order valence-corrected chi connectivity index (χ0v) is 35.7. The van der Waals surface area contributed by atoms with E-state index >= 15 is 4.39 Å². The lowest BCUT2D eigenvalue weighted by molar-refractivity contribution is -0.139. The van der Waals surface area contributed by atoms with Gasteiger partial charge in [0.05, 0.1) is 48.4 Å². The molecule has 0 spiro atoms. The number of likely N-dealkylation sites (tertiary alicyclic amines) is 2. The summed E-state index contributed by atoms with van der Waals surface area (Å²) in [5, 5.41) is 2.69. The summed E-state index contributed by atoms with van der Waals surface area (Å²) in [5.74, 6) is 0.741. The molecule has 2 fully saturated rings. The van der Waals surface area contributed by atoms with E-state index in [0.717, 1.165) is 28.5 Å². The van der Waals surface area contributed by atoms with Gasteiger partial charge in [0.1, 0.15) is 29.5 Å². The van der Waals surface area contributed by atoms with Crippen LogP contribution in [0, 0.1) is 29.5 Å². The number of aromatic nitrogens is 4. The summed E-state index contributed by atoms with van der Waals surface area (Å²) < 4.78 is 25.7. The van der Waals surface area contributed by atoms with Gasteiger partial charge in [-0.3, -0.25) is 14.5 Å². The summed E-state index contributed by atoms with van der Waals surface area (Å²) in [4.78, 5) is 73.8. The minimum Gasteiger partial charge on any atom is -0.453 e. The second-order valence-corrected chi connectivity index (χ2v) is 17.2. The molecule has 15 heteroatoms. The lowest BCUT2D eigenvalue weighted by atomic mass is 9.99. The lowest BCUT2D eigenvalue weighted by Crippen LogP contribution is -2.52. The fourth-order valence-electron chi connectivity index (χ4n) is 8.95. The zero-order chi connectivity index (χ0) is 43.2. The maximum atomic E-state index is 16.0. The molecule has 2 saturated heterocycles. The van der Waals surface area contributed by atoms with Gasteiger partial charge in [0.2, 0.25) is 11.8 Å². The highest BCUT2D eigenvalue weighted by molar-refractivity contribution is 5.88. The predicted octanol–water partition coefficient (Wildman–Crippen LogP) is 7.83. The van der Waals surface area contributed by atoms with Crippen molar-refractivity contribution in [2.75, 3.05) is 34.4 Å². The number of carbonyl (C=O) groups excluding carboxylic acids is 4. The van der Waals surface area contributed by atoms with Crippen LogP contribution in [-0.4, -0.2) is 105 Å². The van der Waals surface area contributed by atoms with Gasteiger partial charge in [0.15, 0.2) is 0 Å². The Balaban J connectivity index is 1.11. The Bertz CT molecular complexity index is 2430. The number of H-pyrrole nitrogens is 2. The normalized spacial score (nSPS) is 20.3. The Morgan fingerprint density at radius 1 is 0.750 bits per heavy atom. The van der Waals surface area contributed by atoms with E-state index in [4.69, 9.17) is 19.4 Å². The lowest BCUT2D eigenvalue weighted by Gasteiger charge is -2.34. The first kappa shape index (κ1) is 42.1. The molecule has 3 N–H and O–H groups in total. The van der Waals surface area contributed by atoms with Crippen molar-refractivity contribution in [3.05, 3.63) is 72.1 Å². The molecule has 0 radical (unpaired) electrons. The van der Waals surface area contributed by atoms with Gasteiger partial charge in [0.25, 0.3) is 0 Å². The molecule has 6 atom stereocenters. The van der Waals surface area contributed by atoms with Gasteiger partial charge in [-0.05, 0) is 83.5 Å². The molecule has 0 saturated carbocycles. The number of hydrogen-bond acceptors (Lipinski definition) is 8. The maximum Gasteiger partial charge on any atom is 0.409 e. The van der Waals surface area contributed by atoms with Crippen molar-refractivity contribution in [1.82, 2.24) is 40.0 Å². The minimum absolute atomic E-state index is 0.136. The monoisotopic (exact) mass is 822 g/mol. The Morgan fingerprint density at radius 2 is 1.27 bits per heavy atom. The van der Waals surface area contributed by atoms with Crippen LogP contribution >= 0.6 is 0 Å². The number of fused-ring (bicyclic) bond motifs is 2. The number of alkyl carbamates (subject to hydrolysis) is 1. The number of carbonyl (C=O) groups is 4. The number of aromatic amines is 2. The van der Waals surface area contributed by atoms with Crippen LogP contribution in [0.5, 0.6) is 0 Å². The number of imidazole rings is 2. The molecule has 3 aromatic carbocycles. The molecule has 4 amide bonds. The number of rotatable bonds is 10. The first-order chi connectivity index (χ1) is 28.6. The number of nitrogens with zero attached hydrogens (tertiary/aromatic N) is 5. The highest BCUT2D eigenvalue weighted by atomic mass is 19.1. The highest BCUT2D eigenvalue weighted by Gasteiger charge is 2.43. The average molecular weight is 823 g/mol. The molecule has 318 valence electrons. The van der Waals surface area contributed by atoms with E-state index in [0.29, 0.717) is 53.4 Å². The fourth-order valence-corrected chi connectivity index (χ4v) is 8.95. The van der Waals surface area contributed by atoms with Crippen molar-refractivity contribution < 1.29 is 33.0 Å². The van der Waals surface area contributed by atoms with Gasteiger partial charge in [0, 0.05) is 25.7 Å². The van der Waals surface area contributed by atoms with E-state index in [1.54, 1.807) is 18.0 Å². The molecule has 60 heavy (non-hydrogen) atoms. The van der Waals surface area contributed by atoms with Crippen LogP contribution < -0.4 is 5.32 Å². The molecule has 0 bridgehead atoms. The third-order valence-corrected chi connectivity index (χ3v) is 12.0. The Kier molecular flexibility index (Phi) is 11.9. The first-order valence-electron chi connectivity index (χ1n) is 20.6. The largest absolute Gasteiger partial charge is 0.453 e. The number of likely N-dealkylation sites (N-methyl/N-ethyl adjacent to an activating group) is 1. The van der Waals surface area contributed by atoms with Gasteiger partial charge in [-0.15, -0.1) is 0 Å². The van der Waals surface area contributed by atoms with Crippen molar-refractivity contribution in [1.29, 1.82) is 0 Å². The van der Waals surface area contributed by atoms with E-state index in [1.165, 1.54) is 25.2 Å². The van der Waals surface area contributed by atoms with Crippen molar-refractivity contribution in [3.63, 3.8) is 0 Å². The quantitative estimate of drug-likeness (QED) is 0.128. The van der Waals surface area contributed by atoms with Crippen molar-refractivity contribution in [3.8, 4) is 22.3 Å². The second-order valence-electron chi connectivity index (χ2n) is 17.2. The number of benzene rings is 3. The number of methoxy groups -OCH3 is 2. The summed E-state index contributed by atoms with van der Waals surface area (Å²) in [7, 11) is 4.17. The van der Waals surface area contributed by atoms with Crippen LogP contribution in [-0.2, 0) is 19.1 Å². The third kappa shape index (κ3) is 8.13. The number of ether oxygens (including phenoxy) is 2. The molecule has 4 heterocycles. The van der Waals surface area contributed by atoms with Crippen molar-refractivity contribution >= 4 is 46.1 Å². The molecule has 2 aromatic heterocycles. The number of amides is 4. The van der Waals surface area contributed by atoms with Crippen LogP contribution in [0.1, 0.15) is 78.1 Å². The Morgan fingerprint density at radius 3 is 1.78 bits per heavy atom. The Labute approximate surface area is 349 Å². The maximum absolute atomic E-state index is 16.0. The highest BCUT2D eigenvalue weighted by Crippen LogP contribution is 2.39. The summed E-state index contributed by atoms with van der Waals surface area (Å²) in [6.45, 7) is 12.8. The molecule has 5 aromatic rings. The van der Waals surface area contributed by atoms with Crippen LogP contribution in [0.4, 0.5) is 14.0 Å². The molecule has 0 aliphatic carbocycles. The molecular formula is C45H55FN8O6. The minimum atomic E-state index is -0.748. The molecule has 7 rings (SSSR count). The van der Waals surface area contributed by atoms with E-state index in [1.807, 2.05) is 75.1 Å². The second kappa shape index (κ2) is 16.9. The molecule has 14 nitrogen and oxygen atoms in total. The van der Waals surface area contributed by atoms with Gasteiger partial charge in [-0.2, -0.15) is 0 Å². The van der Waals surface area contributed by atoms with E-state index < -0.39 is 24.3 Å². The van der Waals surface area contributed by atoms with Crippen LogP contribution in [0.3, 0.4) is 0 Å². The third-order valence-electron chi connectivity index (χ3n) is 12.0. The van der Waals surface area contributed by atoms with Crippen LogP contribution in [0.25, 0.3) is 44.3 Å². The average Bonchev–Trinajstić information content (AvgIpc) is 4.02. The van der Waals surface area contributed by atoms with Crippen LogP contribution in [0.2, 0.25) is 0 Å². The van der Waals surface area contributed by atoms with Gasteiger partial charge in [-0.25, -0.2) is 23.9 Å². The molecule has 2 aliphatic heterocycles. The smallest absolute Gasteiger partial charge is 0.409 e. The fraction of sp³-hybridized carbons (Fsp3) is 0.467. The van der Waals surface area contributed by atoms with Gasteiger partial charge >= 0.3 is 12.2 Å². The number of nitrogens with one attached hydrogen (secondary N) is 3. The number of halogens is 1. The van der Waals surface area contributed by atoms with E-state index in [9.17, 15) is 19.2 Å². The van der Waals surface area contributed by atoms with Crippen molar-refractivity contribution in [2.45, 2.75) is 78.6 Å². The summed E-state index contributed by atoms with van der Waals surface area (Å²) in [6, 6.07) is 14.4. The van der Waals surface area contributed by atoms with Crippen molar-refractivity contribution in [2.24, 2.45) is 23.7 Å². The van der Waals surface area contributed by atoms with Gasteiger partial charge < -0.3 is 34.6 Å². The van der Waals surface area contributed by atoms with Gasteiger partial charge in [-0.1, -0.05) is 65.8 Å². The van der Waals surface area contributed by atoms with E-state index in [2.05, 4.69) is 29.1 Å². The zero-order valence-electron chi connectivity index (χ0n) is 35.7. The van der Waals surface area contributed by atoms with Crippen LogP contribution in [0.15, 0.2) is 54.6 Å². The SMILES string of the molecule is COC(=O)N[C@H](C(=O)N1C[C@@H](C)C[C@H]1c1nc2ccc(-c3ccc(-c4ccc5nc([C@@H]6C[C@H](C)CN6C(=O)[C@H](C(C)C)N(C)C(=O)OC)[nH]c5c4)cc3F)cc2[nH]1)C(C)C. The number of hydrogen-bond donors (Lipinski definition) is 3.